The van der Waals surface area contributed by atoms with Gasteiger partial charge in [0, 0.05) is 39.6 Å². The van der Waals surface area contributed by atoms with Crippen molar-refractivity contribution in [1.29, 1.82) is 0 Å². The average Bonchev–Trinajstić information content (AvgIpc) is 3.56. The number of likely N-dealkylation sites (N-methyl/N-ethyl adjacent to an activating group) is 2. The Morgan fingerprint density at radius 1 is 0.980 bits per heavy atom. The molecule has 1 aromatic carbocycles. The molecule has 50 heavy (non-hydrogen) atoms. The molecule has 3 amide bonds. The summed E-state index contributed by atoms with van der Waals surface area (Å²) in [4.78, 5) is 46.9. The van der Waals surface area contributed by atoms with Crippen molar-refractivity contribution in [3.05, 3.63) is 47.7 Å². The molecule has 1 aliphatic heterocycles. The number of amides is 3. The summed E-state index contributed by atoms with van der Waals surface area (Å²) in [7, 11) is 9.23. The smallest absolute Gasteiger partial charge is 0.237 e. The monoisotopic (exact) mass is 700 g/mol. The number of nitrogens with zero attached hydrogens (tertiary/aromatic N) is 3. The van der Waals surface area contributed by atoms with E-state index in [0.29, 0.717) is 13.1 Å². The third-order valence-corrected chi connectivity index (χ3v) is 10.5. The molecule has 0 aliphatic carbocycles. The van der Waals surface area contributed by atoms with Crippen LogP contribution in [0.5, 0.6) is 0 Å². The lowest BCUT2D eigenvalue weighted by molar-refractivity contribution is -0.143. The van der Waals surface area contributed by atoms with Crippen LogP contribution in [0.25, 0.3) is 0 Å². The number of carbonyl (C=O) groups is 3. The zero-order valence-corrected chi connectivity index (χ0v) is 33.2. The first kappa shape index (κ1) is 43.2. The fraction of sp³-hybridized carbons (Fsp3) is 0.725. The fourth-order valence-corrected chi connectivity index (χ4v) is 7.74. The van der Waals surface area contributed by atoms with E-state index < -0.39 is 12.0 Å². The number of rotatable bonds is 21. The Labute approximate surface area is 303 Å². The van der Waals surface area contributed by atoms with Gasteiger partial charge in [0.25, 0.3) is 0 Å². The molecule has 10 nitrogen and oxygen atoms in total. The molecule has 1 aromatic rings. The van der Waals surface area contributed by atoms with Gasteiger partial charge in [-0.15, -0.1) is 0 Å². The quantitative estimate of drug-likeness (QED) is 0.184. The number of nitrogens with one attached hydrogen (secondary N) is 2. The standard InChI is InChI=1S/C40H69N5O5/c1-13-19-32(26-41-40(48)36(27(3)4)43(8)9)44(10)37(28(5)14-2)34(49-11)25-35(46)45-23-18-22-33(45)38(50-12)30(7)39(47)42-29(6)24-31-20-16-15-17-21-31/h15-17,19-21,27-30,33-34,36-38H,13-14,18,22-26H2,1-12H3,(H,41,48)(H,42,47)/b32-19+/t28?,29-,30?,33?,34?,36?,37?,38?/m1/s1. The number of methoxy groups -OCH3 is 2. The third kappa shape index (κ3) is 12.1. The minimum Gasteiger partial charge on any atom is -0.379 e. The van der Waals surface area contributed by atoms with Crippen molar-refractivity contribution < 1.29 is 23.9 Å². The molecule has 1 saturated heterocycles. The van der Waals surface area contributed by atoms with Crippen molar-refractivity contribution >= 4 is 17.7 Å². The lowest BCUT2D eigenvalue weighted by Crippen LogP contribution is -2.53. The molecule has 0 saturated carbocycles. The first-order valence-corrected chi connectivity index (χ1v) is 18.8. The summed E-state index contributed by atoms with van der Waals surface area (Å²) < 4.78 is 12.1. The van der Waals surface area contributed by atoms with Crippen molar-refractivity contribution in [3.8, 4) is 0 Å². The van der Waals surface area contributed by atoms with Crippen LogP contribution < -0.4 is 10.6 Å². The minimum absolute atomic E-state index is 0.000275. The highest BCUT2D eigenvalue weighted by Gasteiger charge is 2.42. The van der Waals surface area contributed by atoms with Crippen molar-refractivity contribution in [3.63, 3.8) is 0 Å². The van der Waals surface area contributed by atoms with Gasteiger partial charge < -0.3 is 29.9 Å². The van der Waals surface area contributed by atoms with Gasteiger partial charge in [-0.05, 0) is 64.1 Å². The molecule has 0 spiro atoms. The Kier molecular flexibility index (Phi) is 18.5. The highest BCUT2D eigenvalue weighted by Crippen LogP contribution is 2.30. The molecular formula is C40H69N5O5. The lowest BCUT2D eigenvalue weighted by atomic mass is 9.90. The summed E-state index contributed by atoms with van der Waals surface area (Å²) in [6.07, 6.45) is 5.63. The molecule has 0 aromatic heterocycles. The second kappa shape index (κ2) is 21.4. The van der Waals surface area contributed by atoms with Gasteiger partial charge in [-0.2, -0.15) is 0 Å². The summed E-state index contributed by atoms with van der Waals surface area (Å²) in [6, 6.07) is 9.56. The van der Waals surface area contributed by atoms with E-state index in [0.717, 1.165) is 37.8 Å². The Balaban J connectivity index is 2.20. The first-order valence-electron chi connectivity index (χ1n) is 18.8. The van der Waals surface area contributed by atoms with Crippen LogP contribution >= 0.6 is 0 Å². The predicted molar refractivity (Wildman–Crippen MR) is 203 cm³/mol. The normalized spacial score (nSPS) is 19.4. The molecule has 1 heterocycles. The number of benzene rings is 1. The Morgan fingerprint density at radius 3 is 2.18 bits per heavy atom. The zero-order valence-electron chi connectivity index (χ0n) is 33.2. The number of likely N-dealkylation sites (tertiary alicyclic amines) is 1. The van der Waals surface area contributed by atoms with Gasteiger partial charge in [0.1, 0.15) is 0 Å². The number of carbonyl (C=O) groups excluding carboxylic acids is 3. The second-order valence-electron chi connectivity index (χ2n) is 14.8. The molecule has 8 atom stereocenters. The maximum atomic E-state index is 14.2. The maximum Gasteiger partial charge on any atom is 0.237 e. The summed E-state index contributed by atoms with van der Waals surface area (Å²) in [5.41, 5.74) is 2.17. The van der Waals surface area contributed by atoms with E-state index in [1.807, 2.05) is 63.0 Å². The fourth-order valence-electron chi connectivity index (χ4n) is 7.74. The number of ether oxygens (including phenoxy) is 2. The average molecular weight is 700 g/mol. The van der Waals surface area contributed by atoms with E-state index in [4.69, 9.17) is 9.47 Å². The molecule has 0 bridgehead atoms. The van der Waals surface area contributed by atoms with Crippen LogP contribution in [-0.4, -0.2) is 117 Å². The van der Waals surface area contributed by atoms with Gasteiger partial charge in [0.2, 0.25) is 17.7 Å². The number of hydrogen-bond donors (Lipinski definition) is 2. The SMILES string of the molecule is CC/C=C(\CNC(=O)C(C(C)C)N(C)C)N(C)C(C(C)CC)C(CC(=O)N1CCCC1C(OC)C(C)C(=O)N[C@H](C)Cc1ccccc1)OC. The van der Waals surface area contributed by atoms with Gasteiger partial charge in [-0.1, -0.05) is 84.4 Å². The highest BCUT2D eigenvalue weighted by molar-refractivity contribution is 5.82. The van der Waals surface area contributed by atoms with E-state index in [2.05, 4.69) is 68.4 Å². The summed E-state index contributed by atoms with van der Waals surface area (Å²) in [6.45, 7) is 15.5. The Hall–Kier alpha value is -2.95. The van der Waals surface area contributed by atoms with Crippen LogP contribution in [0.3, 0.4) is 0 Å². The third-order valence-electron chi connectivity index (χ3n) is 10.5. The van der Waals surface area contributed by atoms with E-state index >= 15 is 0 Å². The number of hydrogen-bond acceptors (Lipinski definition) is 7. The van der Waals surface area contributed by atoms with Crippen LogP contribution in [0.2, 0.25) is 0 Å². The zero-order chi connectivity index (χ0) is 37.5. The van der Waals surface area contributed by atoms with Crippen LogP contribution in [0.15, 0.2) is 42.1 Å². The summed E-state index contributed by atoms with van der Waals surface area (Å²) >= 11 is 0. The second-order valence-corrected chi connectivity index (χ2v) is 14.8. The predicted octanol–water partition coefficient (Wildman–Crippen LogP) is 5.12. The van der Waals surface area contributed by atoms with Crippen molar-refractivity contribution in [1.82, 2.24) is 25.3 Å². The van der Waals surface area contributed by atoms with Gasteiger partial charge in [0.15, 0.2) is 0 Å². The largest absolute Gasteiger partial charge is 0.379 e. The van der Waals surface area contributed by atoms with Gasteiger partial charge in [-0.25, -0.2) is 0 Å². The van der Waals surface area contributed by atoms with E-state index in [9.17, 15) is 14.4 Å². The molecule has 2 rings (SSSR count). The van der Waals surface area contributed by atoms with E-state index in [1.165, 1.54) is 5.56 Å². The summed E-state index contributed by atoms with van der Waals surface area (Å²) in [5, 5.41) is 6.35. The van der Waals surface area contributed by atoms with Gasteiger partial charge >= 0.3 is 0 Å². The molecule has 2 N–H and O–H groups in total. The van der Waals surface area contributed by atoms with Crippen LogP contribution in [0, 0.1) is 17.8 Å². The first-order chi connectivity index (χ1) is 23.7. The van der Waals surface area contributed by atoms with E-state index in [1.54, 1.807) is 14.2 Å². The molecule has 1 fully saturated rings. The van der Waals surface area contributed by atoms with Crippen LogP contribution in [0.1, 0.15) is 86.1 Å². The topological polar surface area (TPSA) is 103 Å². The van der Waals surface area contributed by atoms with E-state index in [-0.39, 0.29) is 66.2 Å². The van der Waals surface area contributed by atoms with Crippen LogP contribution in [0.4, 0.5) is 0 Å². The van der Waals surface area contributed by atoms with Gasteiger partial charge in [0.05, 0.1) is 49.2 Å². The molecular weight excluding hydrogens is 630 g/mol. The highest BCUT2D eigenvalue weighted by atomic mass is 16.5. The van der Waals surface area contributed by atoms with Gasteiger partial charge in [-0.3, -0.25) is 19.3 Å². The molecule has 0 radical (unpaired) electrons. The van der Waals surface area contributed by atoms with Crippen molar-refractivity contribution in [2.45, 2.75) is 123 Å². The maximum absolute atomic E-state index is 14.2. The van der Waals surface area contributed by atoms with Crippen molar-refractivity contribution in [2.75, 3.05) is 48.5 Å². The molecule has 1 aliphatic rings. The molecule has 7 unspecified atom stereocenters. The number of allylic oxidation sites excluding steroid dienone is 1. The van der Waals surface area contributed by atoms with Crippen LogP contribution in [-0.2, 0) is 30.3 Å². The minimum atomic E-state index is -0.437. The Bertz CT molecular complexity index is 1200. The molecule has 284 valence electrons. The van der Waals surface area contributed by atoms with Crippen molar-refractivity contribution in [2.24, 2.45) is 17.8 Å². The Morgan fingerprint density at radius 2 is 1.64 bits per heavy atom. The molecule has 10 heteroatoms. The summed E-state index contributed by atoms with van der Waals surface area (Å²) in [5.74, 6) is -0.116. The lowest BCUT2D eigenvalue weighted by Gasteiger charge is -2.41.